The molecule has 0 aliphatic carbocycles. The van der Waals surface area contributed by atoms with Crippen LogP contribution in [0.5, 0.6) is 0 Å². The Bertz CT molecular complexity index is 1490. The van der Waals surface area contributed by atoms with Gasteiger partial charge in [0.15, 0.2) is 0 Å². The summed E-state index contributed by atoms with van der Waals surface area (Å²) in [5.74, 6) is -25.2. The molecule has 1 atom stereocenters. The predicted octanol–water partition coefficient (Wildman–Crippen LogP) is 11.5. The first-order valence-corrected chi connectivity index (χ1v) is 15.7. The lowest BCUT2D eigenvalue weighted by atomic mass is 9.61. The molecule has 0 spiro atoms. The van der Waals surface area contributed by atoms with Crippen LogP contribution < -0.4 is 0 Å². The van der Waals surface area contributed by atoms with Crippen molar-refractivity contribution >= 4 is 28.7 Å². The van der Waals surface area contributed by atoms with E-state index in [1.807, 2.05) is 51.1 Å². The lowest BCUT2D eigenvalue weighted by Crippen LogP contribution is -2.62. The third-order valence-electron chi connectivity index (χ3n) is 8.19. The molecule has 2 aromatic carbocycles. The molecule has 0 saturated heterocycles. The van der Waals surface area contributed by atoms with Crippen molar-refractivity contribution in [3.63, 3.8) is 0 Å². The first kappa shape index (κ1) is 37.7. The standard InChI is InChI=1S/C34H40F8O3S/c1-28(2,3)21-30(7,29(4,5)6)27(43)44-17-15-31(35,36)33(39,40)34(41,42)32(37,38)16-18-46-24-14-13-23-19-25(45-26(23)20-24)22-11-9-8-10-12-22/h8-14,19-20H,15-18,21H2,1-7H3. The van der Waals surface area contributed by atoms with Gasteiger partial charge in [0.25, 0.3) is 0 Å². The third-order valence-corrected chi connectivity index (χ3v) is 9.18. The number of halogens is 8. The number of hydrogen-bond donors (Lipinski definition) is 0. The number of alkyl halides is 8. The Balaban J connectivity index is 1.65. The van der Waals surface area contributed by atoms with E-state index in [0.717, 1.165) is 5.56 Å². The smallest absolute Gasteiger partial charge is 0.378 e. The Hall–Kier alpha value is -2.76. The zero-order valence-electron chi connectivity index (χ0n) is 26.9. The second-order valence-electron chi connectivity index (χ2n) is 14.0. The van der Waals surface area contributed by atoms with Gasteiger partial charge in [-0.1, -0.05) is 71.9 Å². The van der Waals surface area contributed by atoms with Crippen LogP contribution in [0.25, 0.3) is 22.3 Å². The van der Waals surface area contributed by atoms with Gasteiger partial charge in [0.1, 0.15) is 11.3 Å². The number of furan rings is 1. The summed E-state index contributed by atoms with van der Waals surface area (Å²) in [7, 11) is 0. The van der Waals surface area contributed by atoms with Crippen LogP contribution >= 0.6 is 11.8 Å². The highest BCUT2D eigenvalue weighted by molar-refractivity contribution is 7.99. The second-order valence-corrected chi connectivity index (χ2v) is 15.2. The van der Waals surface area contributed by atoms with Gasteiger partial charge in [-0.25, -0.2) is 0 Å². The summed E-state index contributed by atoms with van der Waals surface area (Å²) in [6.45, 7) is 10.8. The van der Waals surface area contributed by atoms with Crippen molar-refractivity contribution in [2.75, 3.05) is 12.4 Å². The van der Waals surface area contributed by atoms with Crippen molar-refractivity contribution in [3.05, 3.63) is 54.6 Å². The van der Waals surface area contributed by atoms with Crippen LogP contribution in [-0.2, 0) is 9.53 Å². The van der Waals surface area contributed by atoms with E-state index in [-0.39, 0.29) is 6.42 Å². The van der Waals surface area contributed by atoms with Crippen molar-refractivity contribution in [3.8, 4) is 11.3 Å². The number of esters is 1. The molecule has 1 aromatic heterocycles. The van der Waals surface area contributed by atoms with Crippen molar-refractivity contribution < 1.29 is 49.1 Å². The average molecular weight is 681 g/mol. The molecule has 12 heteroatoms. The topological polar surface area (TPSA) is 39.4 Å². The maximum absolute atomic E-state index is 14.6. The fourth-order valence-corrected chi connectivity index (χ4v) is 6.00. The number of fused-ring (bicyclic) bond motifs is 1. The fraction of sp³-hybridized carbons (Fsp3) is 0.559. The largest absolute Gasteiger partial charge is 0.465 e. The Morgan fingerprint density at radius 2 is 1.33 bits per heavy atom. The first-order valence-electron chi connectivity index (χ1n) is 14.8. The summed E-state index contributed by atoms with van der Waals surface area (Å²) < 4.78 is 127. The molecular formula is C34H40F8O3S. The Kier molecular flexibility index (Phi) is 10.7. The molecule has 0 radical (unpaired) electrons. The molecule has 3 nitrogen and oxygen atoms in total. The number of benzene rings is 2. The van der Waals surface area contributed by atoms with Crippen LogP contribution in [0.15, 0.2) is 63.9 Å². The number of ether oxygens (including phenoxy) is 1. The van der Waals surface area contributed by atoms with Crippen molar-refractivity contribution in [1.82, 2.24) is 0 Å². The van der Waals surface area contributed by atoms with Gasteiger partial charge in [0.2, 0.25) is 0 Å². The molecule has 256 valence electrons. The minimum absolute atomic E-state index is 0.237. The number of rotatable bonds is 13. The second kappa shape index (κ2) is 13.0. The highest BCUT2D eigenvalue weighted by Gasteiger charge is 2.79. The molecule has 1 unspecified atom stereocenters. The van der Waals surface area contributed by atoms with Crippen LogP contribution in [0.4, 0.5) is 35.1 Å². The van der Waals surface area contributed by atoms with Crippen molar-refractivity contribution in [1.29, 1.82) is 0 Å². The van der Waals surface area contributed by atoms with E-state index in [0.29, 0.717) is 33.4 Å². The molecule has 46 heavy (non-hydrogen) atoms. The lowest BCUT2D eigenvalue weighted by Gasteiger charge is -2.43. The van der Waals surface area contributed by atoms with E-state index in [1.54, 1.807) is 32.9 Å². The molecule has 3 rings (SSSR count). The molecule has 0 fully saturated rings. The van der Waals surface area contributed by atoms with Crippen LogP contribution in [-0.4, -0.2) is 42.0 Å². The molecule has 0 saturated carbocycles. The fourth-order valence-electron chi connectivity index (χ4n) is 5.05. The maximum atomic E-state index is 14.6. The van der Waals surface area contributed by atoms with Crippen molar-refractivity contribution in [2.45, 2.75) is 96.3 Å². The van der Waals surface area contributed by atoms with Gasteiger partial charge < -0.3 is 9.15 Å². The summed E-state index contributed by atoms with van der Waals surface area (Å²) in [6.07, 6.45) is -3.65. The zero-order chi connectivity index (χ0) is 35.0. The van der Waals surface area contributed by atoms with E-state index >= 15 is 0 Å². The van der Waals surface area contributed by atoms with Gasteiger partial charge in [0.05, 0.1) is 18.4 Å². The van der Waals surface area contributed by atoms with Crippen LogP contribution in [0.3, 0.4) is 0 Å². The van der Waals surface area contributed by atoms with E-state index in [2.05, 4.69) is 0 Å². The molecule has 0 bridgehead atoms. The first-order chi connectivity index (χ1) is 20.8. The van der Waals surface area contributed by atoms with Gasteiger partial charge in [-0.05, 0) is 48.4 Å². The monoisotopic (exact) mass is 680 g/mol. The van der Waals surface area contributed by atoms with Crippen LogP contribution in [0.2, 0.25) is 0 Å². The third kappa shape index (κ3) is 7.85. The number of carbonyl (C=O) groups excluding carboxylic acids is 1. The van der Waals surface area contributed by atoms with E-state index in [9.17, 15) is 39.9 Å². The number of carbonyl (C=O) groups is 1. The predicted molar refractivity (Wildman–Crippen MR) is 164 cm³/mol. The summed E-state index contributed by atoms with van der Waals surface area (Å²) in [6, 6.07) is 15.5. The van der Waals surface area contributed by atoms with Gasteiger partial charge in [-0.15, -0.1) is 11.8 Å². The maximum Gasteiger partial charge on any atom is 0.378 e. The average Bonchev–Trinajstić information content (AvgIpc) is 3.35. The minimum atomic E-state index is -6.44. The summed E-state index contributed by atoms with van der Waals surface area (Å²) >= 11 is 0.663. The zero-order valence-corrected chi connectivity index (χ0v) is 27.7. The molecule has 1 heterocycles. The Labute approximate surface area is 268 Å². The summed E-state index contributed by atoms with van der Waals surface area (Å²) in [5, 5.41) is 0.685. The lowest BCUT2D eigenvalue weighted by molar-refractivity contribution is -0.367. The SMILES string of the molecule is CC(C)(C)CC(C)(C(=O)OCCC(F)(F)C(F)(F)C(F)(F)C(F)(F)CCSc1ccc2cc(-c3ccccc3)oc2c1)C(C)(C)C. The molecule has 0 N–H and O–H groups in total. The van der Waals surface area contributed by atoms with Crippen molar-refractivity contribution in [2.24, 2.45) is 16.2 Å². The van der Waals surface area contributed by atoms with E-state index < -0.39 is 71.1 Å². The normalized spacial score (nSPS) is 15.2. The number of hydrogen-bond acceptors (Lipinski definition) is 4. The van der Waals surface area contributed by atoms with E-state index in [1.165, 1.54) is 19.1 Å². The highest BCUT2D eigenvalue weighted by atomic mass is 32.2. The van der Waals surface area contributed by atoms with Crippen LogP contribution in [0, 0.1) is 16.2 Å². The van der Waals surface area contributed by atoms with Gasteiger partial charge in [0, 0.05) is 28.0 Å². The quantitative estimate of drug-likeness (QED) is 0.102. The summed E-state index contributed by atoms with van der Waals surface area (Å²) in [5.41, 5.74) is -1.24. The minimum Gasteiger partial charge on any atom is -0.465 e. The Morgan fingerprint density at radius 1 is 0.761 bits per heavy atom. The van der Waals surface area contributed by atoms with Gasteiger partial charge >= 0.3 is 29.7 Å². The molecule has 3 aromatic rings. The van der Waals surface area contributed by atoms with Crippen LogP contribution in [0.1, 0.15) is 67.7 Å². The number of thioether (sulfide) groups is 1. The molecule has 0 amide bonds. The summed E-state index contributed by atoms with van der Waals surface area (Å²) in [4.78, 5) is 13.3. The molecular weight excluding hydrogens is 640 g/mol. The van der Waals surface area contributed by atoms with E-state index in [4.69, 9.17) is 9.15 Å². The Morgan fingerprint density at radius 3 is 1.87 bits per heavy atom. The highest BCUT2D eigenvalue weighted by Crippen LogP contribution is 2.55. The van der Waals surface area contributed by atoms with Gasteiger partial charge in [-0.3, -0.25) is 4.79 Å². The molecule has 0 aliphatic rings. The van der Waals surface area contributed by atoms with Gasteiger partial charge in [-0.2, -0.15) is 35.1 Å². The molecule has 0 aliphatic heterocycles.